The predicted molar refractivity (Wildman–Crippen MR) is 74.9 cm³/mol. The van der Waals surface area contributed by atoms with Gasteiger partial charge in [0.05, 0.1) is 11.2 Å². The number of hydrogen-bond acceptors (Lipinski definition) is 3. The van der Waals surface area contributed by atoms with E-state index in [0.29, 0.717) is 5.69 Å². The summed E-state index contributed by atoms with van der Waals surface area (Å²) in [6, 6.07) is 2.24. The van der Waals surface area contributed by atoms with Crippen LogP contribution in [0.3, 0.4) is 0 Å². The summed E-state index contributed by atoms with van der Waals surface area (Å²) in [5.41, 5.74) is 1.85. The fourth-order valence-corrected chi connectivity index (χ4v) is 5.55. The standard InChI is InChI=1S/C16H22N4/c1-2-3-15-14(10-17)18-19-20(15)16-7-11-4-12(8-16)6-13(5-11)9-16/h11-13H,2-9H2,1H3. The van der Waals surface area contributed by atoms with Gasteiger partial charge in [-0.25, -0.2) is 4.68 Å². The minimum absolute atomic E-state index is 0.196. The van der Waals surface area contributed by atoms with E-state index in [4.69, 9.17) is 0 Å². The number of aromatic nitrogens is 3. The van der Waals surface area contributed by atoms with E-state index in [1.807, 2.05) is 0 Å². The van der Waals surface area contributed by atoms with Crippen molar-refractivity contribution in [1.29, 1.82) is 5.26 Å². The van der Waals surface area contributed by atoms with Gasteiger partial charge in [0.25, 0.3) is 0 Å². The normalized spacial score (nSPS) is 38.1. The molecule has 1 heterocycles. The van der Waals surface area contributed by atoms with Crippen LogP contribution in [-0.2, 0) is 12.0 Å². The largest absolute Gasteiger partial charge is 0.242 e. The monoisotopic (exact) mass is 270 g/mol. The van der Waals surface area contributed by atoms with Crippen LogP contribution in [0.1, 0.15) is 63.3 Å². The third-order valence-corrected chi connectivity index (χ3v) is 5.81. The second-order valence-electron chi connectivity index (χ2n) is 7.30. The van der Waals surface area contributed by atoms with Crippen molar-refractivity contribution in [1.82, 2.24) is 15.0 Å². The van der Waals surface area contributed by atoms with Crippen molar-refractivity contribution in [2.75, 3.05) is 0 Å². The summed E-state index contributed by atoms with van der Waals surface area (Å²) < 4.78 is 2.19. The zero-order chi connectivity index (χ0) is 13.7. The van der Waals surface area contributed by atoms with Gasteiger partial charge >= 0.3 is 0 Å². The maximum absolute atomic E-state index is 9.27. The molecule has 0 aliphatic heterocycles. The Kier molecular flexibility index (Phi) is 2.67. The molecule has 0 spiro atoms. The van der Waals surface area contributed by atoms with E-state index < -0.39 is 0 Å². The van der Waals surface area contributed by atoms with E-state index in [2.05, 4.69) is 28.0 Å². The SMILES string of the molecule is CCCc1c(C#N)nnn1C12CC3CC(CC(C3)C1)C2. The molecule has 4 nitrogen and oxygen atoms in total. The van der Waals surface area contributed by atoms with Crippen LogP contribution < -0.4 is 0 Å². The molecule has 106 valence electrons. The molecule has 0 atom stereocenters. The summed E-state index contributed by atoms with van der Waals surface area (Å²) in [5, 5.41) is 17.9. The molecule has 5 rings (SSSR count). The molecular formula is C16H22N4. The second-order valence-corrected chi connectivity index (χ2v) is 7.30. The highest BCUT2D eigenvalue weighted by atomic mass is 15.5. The molecule has 0 N–H and O–H groups in total. The van der Waals surface area contributed by atoms with Crippen molar-refractivity contribution in [2.45, 2.75) is 63.8 Å². The van der Waals surface area contributed by atoms with Crippen LogP contribution in [0.15, 0.2) is 0 Å². The van der Waals surface area contributed by atoms with Gasteiger partial charge in [0.15, 0.2) is 5.69 Å². The molecular weight excluding hydrogens is 248 g/mol. The highest BCUT2D eigenvalue weighted by Crippen LogP contribution is 2.58. The summed E-state index contributed by atoms with van der Waals surface area (Å²) >= 11 is 0. The first kappa shape index (κ1) is 12.4. The highest BCUT2D eigenvalue weighted by molar-refractivity contribution is 5.26. The fraction of sp³-hybridized carbons (Fsp3) is 0.812. The molecule has 4 bridgehead atoms. The van der Waals surface area contributed by atoms with Crippen LogP contribution in [-0.4, -0.2) is 15.0 Å². The highest BCUT2D eigenvalue weighted by Gasteiger charge is 2.53. The molecule has 20 heavy (non-hydrogen) atoms. The average molecular weight is 270 g/mol. The van der Waals surface area contributed by atoms with Crippen LogP contribution in [0, 0.1) is 29.1 Å². The van der Waals surface area contributed by atoms with Crippen molar-refractivity contribution in [3.05, 3.63) is 11.4 Å². The van der Waals surface area contributed by atoms with Gasteiger partial charge in [-0.05, 0) is 62.7 Å². The molecule has 0 saturated heterocycles. The van der Waals surface area contributed by atoms with Crippen LogP contribution in [0.25, 0.3) is 0 Å². The fourth-order valence-electron chi connectivity index (χ4n) is 5.55. The average Bonchev–Trinajstić information content (AvgIpc) is 2.81. The molecule has 4 fully saturated rings. The van der Waals surface area contributed by atoms with Crippen molar-refractivity contribution >= 4 is 0 Å². The second kappa shape index (κ2) is 4.31. The summed E-state index contributed by atoms with van der Waals surface area (Å²) in [6.07, 6.45) is 10.1. The summed E-state index contributed by atoms with van der Waals surface area (Å²) in [5.74, 6) is 2.68. The first-order chi connectivity index (χ1) is 9.74. The predicted octanol–water partition coefficient (Wildman–Crippen LogP) is 3.03. The Morgan fingerprint density at radius 1 is 1.20 bits per heavy atom. The van der Waals surface area contributed by atoms with Gasteiger partial charge in [-0.15, -0.1) is 5.10 Å². The molecule has 1 aromatic heterocycles. The molecule has 0 amide bonds. The van der Waals surface area contributed by atoms with Crippen LogP contribution in [0.5, 0.6) is 0 Å². The van der Waals surface area contributed by atoms with E-state index in [9.17, 15) is 5.26 Å². The lowest BCUT2D eigenvalue weighted by Gasteiger charge is -2.56. The summed E-state index contributed by atoms with van der Waals surface area (Å²) in [6.45, 7) is 2.16. The lowest BCUT2D eigenvalue weighted by molar-refractivity contribution is -0.0515. The molecule has 4 heteroatoms. The number of hydrogen-bond donors (Lipinski definition) is 0. The lowest BCUT2D eigenvalue weighted by Crippen LogP contribution is -2.52. The van der Waals surface area contributed by atoms with Crippen LogP contribution in [0.4, 0.5) is 0 Å². The van der Waals surface area contributed by atoms with Gasteiger partial charge in [-0.1, -0.05) is 18.6 Å². The molecule has 0 unspecified atom stereocenters. The van der Waals surface area contributed by atoms with Gasteiger partial charge in [0, 0.05) is 0 Å². The minimum atomic E-state index is 0.196. The Morgan fingerprint density at radius 3 is 2.30 bits per heavy atom. The lowest BCUT2D eigenvalue weighted by atomic mass is 9.53. The first-order valence-electron chi connectivity index (χ1n) is 8.09. The Hall–Kier alpha value is -1.37. The smallest absolute Gasteiger partial charge is 0.185 e. The Balaban J connectivity index is 1.77. The van der Waals surface area contributed by atoms with Crippen molar-refractivity contribution in [3.8, 4) is 6.07 Å². The van der Waals surface area contributed by atoms with E-state index in [0.717, 1.165) is 36.3 Å². The zero-order valence-electron chi connectivity index (χ0n) is 12.2. The molecule has 4 saturated carbocycles. The van der Waals surface area contributed by atoms with Crippen LogP contribution >= 0.6 is 0 Å². The summed E-state index contributed by atoms with van der Waals surface area (Å²) in [7, 11) is 0. The third-order valence-electron chi connectivity index (χ3n) is 5.81. The first-order valence-corrected chi connectivity index (χ1v) is 8.09. The minimum Gasteiger partial charge on any atom is -0.242 e. The van der Waals surface area contributed by atoms with E-state index in [1.54, 1.807) is 0 Å². The van der Waals surface area contributed by atoms with Gasteiger partial charge < -0.3 is 0 Å². The maximum Gasteiger partial charge on any atom is 0.185 e. The number of nitrogens with zero attached hydrogens (tertiary/aromatic N) is 4. The maximum atomic E-state index is 9.27. The third kappa shape index (κ3) is 1.65. The molecule has 0 aromatic carbocycles. The molecule has 0 radical (unpaired) electrons. The van der Waals surface area contributed by atoms with E-state index in [-0.39, 0.29) is 5.54 Å². The van der Waals surface area contributed by atoms with Gasteiger partial charge in [-0.3, -0.25) is 0 Å². The molecule has 4 aliphatic carbocycles. The van der Waals surface area contributed by atoms with Gasteiger partial charge in [0.2, 0.25) is 0 Å². The number of nitriles is 1. The van der Waals surface area contributed by atoms with Gasteiger partial charge in [-0.2, -0.15) is 5.26 Å². The Labute approximate surface area is 120 Å². The van der Waals surface area contributed by atoms with Crippen LogP contribution in [0.2, 0.25) is 0 Å². The quantitative estimate of drug-likeness (QED) is 0.848. The Morgan fingerprint density at radius 2 is 1.80 bits per heavy atom. The number of rotatable bonds is 3. The van der Waals surface area contributed by atoms with E-state index >= 15 is 0 Å². The summed E-state index contributed by atoms with van der Waals surface area (Å²) in [4.78, 5) is 0. The zero-order valence-corrected chi connectivity index (χ0v) is 12.2. The van der Waals surface area contributed by atoms with Crippen molar-refractivity contribution < 1.29 is 0 Å². The Bertz CT molecular complexity index is 530. The van der Waals surface area contributed by atoms with Crippen molar-refractivity contribution in [3.63, 3.8) is 0 Å². The molecule has 4 aliphatic rings. The molecule has 1 aromatic rings. The topological polar surface area (TPSA) is 54.5 Å². The van der Waals surface area contributed by atoms with Crippen molar-refractivity contribution in [2.24, 2.45) is 17.8 Å². The van der Waals surface area contributed by atoms with E-state index in [1.165, 1.54) is 38.5 Å². The van der Waals surface area contributed by atoms with Gasteiger partial charge in [0.1, 0.15) is 6.07 Å².